The zero-order valence-electron chi connectivity index (χ0n) is 5.73. The molecule has 1 nitrogen and oxygen atoms in total. The number of rotatable bonds is 3. The van der Waals surface area contributed by atoms with Crippen molar-refractivity contribution in [3.63, 3.8) is 0 Å². The van der Waals surface area contributed by atoms with Crippen LogP contribution in [0.3, 0.4) is 0 Å². The zero-order valence-corrected chi connectivity index (χ0v) is 5.73. The number of hydrogen-bond acceptors (Lipinski definition) is 1. The highest BCUT2D eigenvalue weighted by atomic mass is 19.1. The van der Waals surface area contributed by atoms with Gasteiger partial charge in [-0.1, -0.05) is 12.2 Å². The summed E-state index contributed by atoms with van der Waals surface area (Å²) >= 11 is 0. The highest BCUT2D eigenvalue weighted by molar-refractivity contribution is 5.12. The summed E-state index contributed by atoms with van der Waals surface area (Å²) in [5.74, 6) is 0. The van der Waals surface area contributed by atoms with Gasteiger partial charge >= 0.3 is 0 Å². The molecule has 0 N–H and O–H groups in total. The molecule has 0 unspecified atom stereocenters. The molecule has 0 fully saturated rings. The van der Waals surface area contributed by atoms with E-state index < -0.39 is 0 Å². The average molecular weight is 130 g/mol. The summed E-state index contributed by atoms with van der Waals surface area (Å²) in [5, 5.41) is 0. The molecule has 0 atom stereocenters. The summed E-state index contributed by atoms with van der Waals surface area (Å²) < 4.78 is 16.3. The van der Waals surface area contributed by atoms with E-state index in [4.69, 9.17) is 4.74 Å². The Morgan fingerprint density at radius 2 is 2.33 bits per heavy atom. The molecule has 0 amide bonds. The monoisotopic (exact) mass is 130 g/mol. The maximum absolute atomic E-state index is 11.6. The molecule has 0 aliphatic carbocycles. The summed E-state index contributed by atoms with van der Waals surface area (Å²) in [4.78, 5) is 0. The Bertz CT molecular complexity index is 116. The van der Waals surface area contributed by atoms with Gasteiger partial charge in [0.1, 0.15) is 0 Å². The van der Waals surface area contributed by atoms with Crippen LogP contribution < -0.4 is 0 Å². The van der Waals surface area contributed by atoms with E-state index in [-0.39, 0.29) is 0 Å². The van der Waals surface area contributed by atoms with Crippen molar-refractivity contribution < 1.29 is 9.13 Å². The SMILES string of the molecule is COC/C=C/C(C)=C/F. The largest absolute Gasteiger partial charge is 0.381 e. The normalized spacial score (nSPS) is 13.0. The fraction of sp³-hybridized carbons (Fsp3) is 0.429. The van der Waals surface area contributed by atoms with E-state index in [1.54, 1.807) is 26.2 Å². The molecule has 0 aliphatic heterocycles. The summed E-state index contributed by atoms with van der Waals surface area (Å²) in [7, 11) is 1.60. The lowest BCUT2D eigenvalue weighted by molar-refractivity contribution is 0.234. The molecular formula is C7H11FO. The fourth-order valence-electron chi connectivity index (χ4n) is 0.367. The van der Waals surface area contributed by atoms with Gasteiger partial charge in [-0.3, -0.25) is 0 Å². The Morgan fingerprint density at radius 1 is 1.67 bits per heavy atom. The molecule has 0 rings (SSSR count). The molecule has 0 bridgehead atoms. The van der Waals surface area contributed by atoms with E-state index in [1.165, 1.54) is 0 Å². The predicted octanol–water partition coefficient (Wildman–Crippen LogP) is 2.06. The van der Waals surface area contributed by atoms with Gasteiger partial charge < -0.3 is 4.74 Å². The van der Waals surface area contributed by atoms with E-state index in [0.29, 0.717) is 18.5 Å². The van der Waals surface area contributed by atoms with Crippen LogP contribution in [0.25, 0.3) is 0 Å². The van der Waals surface area contributed by atoms with Crippen molar-refractivity contribution in [1.82, 2.24) is 0 Å². The van der Waals surface area contributed by atoms with Gasteiger partial charge in [0.25, 0.3) is 0 Å². The summed E-state index contributed by atoms with van der Waals surface area (Å²) in [6.07, 6.45) is 3.99. The third-order valence-corrected chi connectivity index (χ3v) is 0.816. The van der Waals surface area contributed by atoms with Gasteiger partial charge in [0.2, 0.25) is 0 Å². The van der Waals surface area contributed by atoms with Crippen LogP contribution in [-0.2, 0) is 4.74 Å². The van der Waals surface area contributed by atoms with Gasteiger partial charge in [-0.2, -0.15) is 0 Å². The number of methoxy groups -OCH3 is 1. The average Bonchev–Trinajstić information content (AvgIpc) is 1.89. The van der Waals surface area contributed by atoms with Gasteiger partial charge in [0.05, 0.1) is 12.9 Å². The van der Waals surface area contributed by atoms with Crippen molar-refractivity contribution in [2.75, 3.05) is 13.7 Å². The van der Waals surface area contributed by atoms with E-state index in [1.807, 2.05) is 0 Å². The molecule has 0 aliphatic rings. The molecule has 2 heteroatoms. The molecule has 0 aromatic rings. The number of hydrogen-bond donors (Lipinski definition) is 0. The van der Waals surface area contributed by atoms with Crippen molar-refractivity contribution in [3.05, 3.63) is 24.1 Å². The smallest absolute Gasteiger partial charge is 0.0895 e. The minimum atomic E-state index is 0.533. The van der Waals surface area contributed by atoms with Gasteiger partial charge in [0.15, 0.2) is 0 Å². The second kappa shape index (κ2) is 5.51. The van der Waals surface area contributed by atoms with Crippen molar-refractivity contribution in [2.24, 2.45) is 0 Å². The second-order valence-corrected chi connectivity index (χ2v) is 1.71. The molecule has 0 spiro atoms. The number of allylic oxidation sites excluding steroid dienone is 2. The third-order valence-electron chi connectivity index (χ3n) is 0.816. The molecule has 52 valence electrons. The van der Waals surface area contributed by atoms with Crippen molar-refractivity contribution in [2.45, 2.75) is 6.92 Å². The lowest BCUT2D eigenvalue weighted by Crippen LogP contribution is -1.79. The predicted molar refractivity (Wildman–Crippen MR) is 35.9 cm³/mol. The van der Waals surface area contributed by atoms with Crippen LogP contribution in [0, 0.1) is 0 Å². The van der Waals surface area contributed by atoms with Crippen LogP contribution in [0.4, 0.5) is 4.39 Å². The molecule has 0 aromatic heterocycles. The molecule has 0 radical (unpaired) electrons. The first-order valence-electron chi connectivity index (χ1n) is 2.73. The first kappa shape index (κ1) is 8.37. The van der Waals surface area contributed by atoms with Crippen LogP contribution in [-0.4, -0.2) is 13.7 Å². The Hall–Kier alpha value is -0.630. The van der Waals surface area contributed by atoms with Gasteiger partial charge in [-0.15, -0.1) is 0 Å². The summed E-state index contributed by atoms with van der Waals surface area (Å²) in [6.45, 7) is 2.22. The number of ether oxygens (including phenoxy) is 1. The molecular weight excluding hydrogens is 119 g/mol. The Kier molecular flexibility index (Phi) is 5.12. The van der Waals surface area contributed by atoms with E-state index in [2.05, 4.69) is 0 Å². The standard InChI is InChI=1S/C7H11FO/c1-7(6-8)4-3-5-9-2/h3-4,6H,5H2,1-2H3/b4-3+,7-6+. The van der Waals surface area contributed by atoms with Crippen LogP contribution in [0.2, 0.25) is 0 Å². The van der Waals surface area contributed by atoms with Crippen LogP contribution in [0.15, 0.2) is 24.1 Å². The molecule has 0 saturated heterocycles. The fourth-order valence-corrected chi connectivity index (χ4v) is 0.367. The first-order valence-corrected chi connectivity index (χ1v) is 2.73. The minimum absolute atomic E-state index is 0.533. The van der Waals surface area contributed by atoms with Crippen molar-refractivity contribution >= 4 is 0 Å². The van der Waals surface area contributed by atoms with Crippen LogP contribution in [0.5, 0.6) is 0 Å². The third kappa shape index (κ3) is 5.24. The Morgan fingerprint density at radius 3 is 2.78 bits per heavy atom. The first-order chi connectivity index (χ1) is 4.31. The molecule has 0 aromatic carbocycles. The van der Waals surface area contributed by atoms with Gasteiger partial charge in [-0.05, 0) is 12.5 Å². The molecule has 9 heavy (non-hydrogen) atoms. The lowest BCUT2D eigenvalue weighted by atomic mass is 10.3. The van der Waals surface area contributed by atoms with Crippen LogP contribution in [0.1, 0.15) is 6.92 Å². The lowest BCUT2D eigenvalue weighted by Gasteiger charge is -1.87. The van der Waals surface area contributed by atoms with Gasteiger partial charge in [-0.25, -0.2) is 4.39 Å². The van der Waals surface area contributed by atoms with Gasteiger partial charge in [0, 0.05) is 7.11 Å². The Labute approximate surface area is 54.8 Å². The van der Waals surface area contributed by atoms with E-state index >= 15 is 0 Å². The summed E-state index contributed by atoms with van der Waals surface area (Å²) in [6, 6.07) is 0. The van der Waals surface area contributed by atoms with Crippen LogP contribution >= 0.6 is 0 Å². The quantitative estimate of drug-likeness (QED) is 0.531. The zero-order chi connectivity index (χ0) is 7.11. The highest BCUT2D eigenvalue weighted by Crippen LogP contribution is 1.93. The highest BCUT2D eigenvalue weighted by Gasteiger charge is 1.77. The maximum atomic E-state index is 11.6. The molecule has 0 saturated carbocycles. The maximum Gasteiger partial charge on any atom is 0.0895 e. The van der Waals surface area contributed by atoms with Crippen molar-refractivity contribution in [3.8, 4) is 0 Å². The minimum Gasteiger partial charge on any atom is -0.381 e. The summed E-state index contributed by atoms with van der Waals surface area (Å²) in [5.41, 5.74) is 0.604. The van der Waals surface area contributed by atoms with Crippen molar-refractivity contribution in [1.29, 1.82) is 0 Å². The molecule has 0 heterocycles. The topological polar surface area (TPSA) is 9.23 Å². The number of halogens is 1. The Balaban J connectivity index is 3.45. The van der Waals surface area contributed by atoms with E-state index in [0.717, 1.165) is 0 Å². The second-order valence-electron chi connectivity index (χ2n) is 1.71. The van der Waals surface area contributed by atoms with E-state index in [9.17, 15) is 4.39 Å².